The molecule has 2 aromatic rings. The van der Waals surface area contributed by atoms with Crippen LogP contribution in [0.2, 0.25) is 0 Å². The van der Waals surface area contributed by atoms with E-state index in [1.807, 2.05) is 12.3 Å². The van der Waals surface area contributed by atoms with Crippen molar-refractivity contribution in [3.8, 4) is 0 Å². The number of rotatable bonds is 3. The summed E-state index contributed by atoms with van der Waals surface area (Å²) < 4.78 is 0. The molecular formula is C13H13N3O3S. The molecule has 1 aromatic carbocycles. The summed E-state index contributed by atoms with van der Waals surface area (Å²) in [5.41, 5.74) is 1.73. The van der Waals surface area contributed by atoms with Gasteiger partial charge in [-0.2, -0.15) is 0 Å². The van der Waals surface area contributed by atoms with Crippen molar-refractivity contribution in [3.05, 3.63) is 40.4 Å². The topological polar surface area (TPSA) is 91.3 Å². The Bertz CT molecular complexity index is 667. The van der Waals surface area contributed by atoms with Gasteiger partial charge in [-0.05, 0) is 25.5 Å². The molecule has 0 saturated carbocycles. The molecule has 2 amide bonds. The summed E-state index contributed by atoms with van der Waals surface area (Å²) >= 11 is 1.30. The van der Waals surface area contributed by atoms with Crippen LogP contribution in [0.1, 0.15) is 21.6 Å². The van der Waals surface area contributed by atoms with Crippen molar-refractivity contribution in [1.29, 1.82) is 0 Å². The summed E-state index contributed by atoms with van der Waals surface area (Å²) in [6.07, 6.45) is 0. The molecule has 7 heteroatoms. The first-order chi connectivity index (χ1) is 9.47. The van der Waals surface area contributed by atoms with E-state index >= 15 is 0 Å². The number of urea groups is 1. The molecule has 0 radical (unpaired) electrons. The Hall–Kier alpha value is -2.41. The average molecular weight is 291 g/mol. The smallest absolute Gasteiger partial charge is 0.338 e. The maximum absolute atomic E-state index is 11.8. The molecule has 0 aliphatic rings. The van der Waals surface area contributed by atoms with Crippen LogP contribution in [-0.2, 0) is 0 Å². The van der Waals surface area contributed by atoms with Crippen molar-refractivity contribution in [3.63, 3.8) is 0 Å². The van der Waals surface area contributed by atoms with Crippen LogP contribution in [0.5, 0.6) is 0 Å². The number of hydrogen-bond donors (Lipinski definition) is 3. The maximum atomic E-state index is 11.8. The number of carbonyl (C=O) groups is 2. The zero-order valence-corrected chi connectivity index (χ0v) is 11.7. The van der Waals surface area contributed by atoms with Crippen LogP contribution in [0.15, 0.2) is 23.6 Å². The quantitative estimate of drug-likeness (QED) is 0.810. The van der Waals surface area contributed by atoms with E-state index in [4.69, 9.17) is 0 Å². The van der Waals surface area contributed by atoms with Crippen molar-refractivity contribution >= 4 is 34.2 Å². The van der Waals surface area contributed by atoms with E-state index in [0.29, 0.717) is 10.7 Å². The van der Waals surface area contributed by atoms with E-state index in [2.05, 4.69) is 15.6 Å². The highest BCUT2D eigenvalue weighted by Gasteiger charge is 2.15. The minimum absolute atomic E-state index is 0.0815. The summed E-state index contributed by atoms with van der Waals surface area (Å²) in [5.74, 6) is -1.08. The maximum Gasteiger partial charge on any atom is 0.338 e. The highest BCUT2D eigenvalue weighted by atomic mass is 32.1. The van der Waals surface area contributed by atoms with Crippen molar-refractivity contribution in [2.75, 3.05) is 10.6 Å². The highest BCUT2D eigenvalue weighted by molar-refractivity contribution is 7.13. The van der Waals surface area contributed by atoms with Gasteiger partial charge in [0.25, 0.3) is 0 Å². The van der Waals surface area contributed by atoms with Gasteiger partial charge < -0.3 is 10.4 Å². The minimum atomic E-state index is -1.08. The van der Waals surface area contributed by atoms with Gasteiger partial charge in [0, 0.05) is 5.38 Å². The second-order valence-corrected chi connectivity index (χ2v) is 5.03. The van der Waals surface area contributed by atoms with Gasteiger partial charge in [-0.15, -0.1) is 11.3 Å². The Morgan fingerprint density at radius 2 is 2.00 bits per heavy atom. The van der Waals surface area contributed by atoms with E-state index in [-0.39, 0.29) is 11.3 Å². The molecule has 20 heavy (non-hydrogen) atoms. The summed E-state index contributed by atoms with van der Waals surface area (Å²) in [7, 11) is 0. The molecule has 0 fully saturated rings. The Balaban J connectivity index is 2.16. The highest BCUT2D eigenvalue weighted by Crippen LogP contribution is 2.20. The number of nitrogens with one attached hydrogen (secondary N) is 2. The van der Waals surface area contributed by atoms with Gasteiger partial charge in [0.2, 0.25) is 0 Å². The number of thiazole rings is 1. The fraction of sp³-hybridized carbons (Fsp3) is 0.154. The monoisotopic (exact) mass is 291 g/mol. The van der Waals surface area contributed by atoms with Crippen molar-refractivity contribution < 1.29 is 14.7 Å². The number of carbonyl (C=O) groups excluding carboxylic acids is 1. The molecule has 0 unspecified atom stereocenters. The number of amides is 2. The SMILES string of the molecule is Cc1csc(NC(=O)Nc2cccc(C)c2C(=O)O)n1. The Kier molecular flexibility index (Phi) is 3.99. The van der Waals surface area contributed by atoms with Gasteiger partial charge in [0.05, 0.1) is 16.9 Å². The number of carboxylic acid groups (broad SMARTS) is 1. The first-order valence-electron chi connectivity index (χ1n) is 5.80. The lowest BCUT2D eigenvalue weighted by Crippen LogP contribution is -2.21. The van der Waals surface area contributed by atoms with Crippen molar-refractivity contribution in [2.45, 2.75) is 13.8 Å². The fourth-order valence-electron chi connectivity index (χ4n) is 1.72. The molecule has 1 heterocycles. The number of aromatic carboxylic acids is 1. The average Bonchev–Trinajstić information content (AvgIpc) is 2.74. The first kappa shape index (κ1) is 14.0. The molecule has 0 aliphatic heterocycles. The number of hydrogen-bond acceptors (Lipinski definition) is 4. The van der Waals surface area contributed by atoms with E-state index in [1.165, 1.54) is 11.3 Å². The third kappa shape index (κ3) is 3.12. The first-order valence-corrected chi connectivity index (χ1v) is 6.68. The molecule has 6 nitrogen and oxygen atoms in total. The van der Waals surface area contributed by atoms with Crippen LogP contribution in [0.3, 0.4) is 0 Å². The molecule has 0 saturated heterocycles. The lowest BCUT2D eigenvalue weighted by atomic mass is 10.1. The number of benzene rings is 1. The summed E-state index contributed by atoms with van der Waals surface area (Å²) in [4.78, 5) is 27.1. The Labute approximate surface area is 119 Å². The largest absolute Gasteiger partial charge is 0.478 e. The van der Waals surface area contributed by atoms with Crippen LogP contribution in [0, 0.1) is 13.8 Å². The van der Waals surface area contributed by atoms with Crippen LogP contribution in [0.4, 0.5) is 15.6 Å². The summed E-state index contributed by atoms with van der Waals surface area (Å²) in [6, 6.07) is 4.39. The number of nitrogens with zero attached hydrogens (tertiary/aromatic N) is 1. The second-order valence-electron chi connectivity index (χ2n) is 4.18. The zero-order chi connectivity index (χ0) is 14.7. The van der Waals surface area contributed by atoms with E-state index in [0.717, 1.165) is 5.69 Å². The Morgan fingerprint density at radius 1 is 1.25 bits per heavy atom. The number of carboxylic acids is 1. The summed E-state index contributed by atoms with van der Waals surface area (Å²) in [6.45, 7) is 3.50. The standard InChI is InChI=1S/C13H13N3O3S/c1-7-4-3-5-9(10(7)11(17)18)15-12(19)16-13-14-8(2)6-20-13/h3-6H,1-2H3,(H,17,18)(H2,14,15,16,19). The number of aryl methyl sites for hydroxylation is 2. The van der Waals surface area contributed by atoms with Crippen LogP contribution < -0.4 is 10.6 Å². The molecule has 0 atom stereocenters. The van der Waals surface area contributed by atoms with Crippen LogP contribution >= 0.6 is 11.3 Å². The molecule has 3 N–H and O–H groups in total. The number of aromatic nitrogens is 1. The molecule has 104 valence electrons. The molecule has 0 bridgehead atoms. The van der Waals surface area contributed by atoms with Crippen molar-refractivity contribution in [1.82, 2.24) is 4.98 Å². The molecule has 0 aliphatic carbocycles. The number of anilines is 2. The van der Waals surface area contributed by atoms with Gasteiger partial charge in [-0.1, -0.05) is 12.1 Å². The fourth-order valence-corrected chi connectivity index (χ4v) is 2.40. The predicted octanol–water partition coefficient (Wildman–Crippen LogP) is 3.10. The molecular weight excluding hydrogens is 278 g/mol. The van der Waals surface area contributed by atoms with Crippen LogP contribution in [0.25, 0.3) is 0 Å². The molecule has 1 aromatic heterocycles. The lowest BCUT2D eigenvalue weighted by molar-refractivity contribution is 0.0697. The zero-order valence-electron chi connectivity index (χ0n) is 10.9. The minimum Gasteiger partial charge on any atom is -0.478 e. The third-order valence-electron chi connectivity index (χ3n) is 2.57. The summed E-state index contributed by atoms with van der Waals surface area (Å²) in [5, 5.41) is 16.5. The van der Waals surface area contributed by atoms with Gasteiger partial charge in [-0.3, -0.25) is 5.32 Å². The van der Waals surface area contributed by atoms with Crippen LogP contribution in [-0.4, -0.2) is 22.1 Å². The van der Waals surface area contributed by atoms with Gasteiger partial charge in [0.15, 0.2) is 5.13 Å². The molecule has 0 spiro atoms. The van der Waals surface area contributed by atoms with Gasteiger partial charge in [0.1, 0.15) is 0 Å². The van der Waals surface area contributed by atoms with E-state index in [9.17, 15) is 14.7 Å². The van der Waals surface area contributed by atoms with E-state index < -0.39 is 12.0 Å². The third-order valence-corrected chi connectivity index (χ3v) is 3.45. The lowest BCUT2D eigenvalue weighted by Gasteiger charge is -2.10. The van der Waals surface area contributed by atoms with Crippen molar-refractivity contribution in [2.24, 2.45) is 0 Å². The molecule has 2 rings (SSSR count). The normalized spacial score (nSPS) is 10.1. The Morgan fingerprint density at radius 3 is 2.60 bits per heavy atom. The van der Waals surface area contributed by atoms with E-state index in [1.54, 1.807) is 25.1 Å². The predicted molar refractivity (Wildman–Crippen MR) is 77.6 cm³/mol. The van der Waals surface area contributed by atoms with Gasteiger partial charge in [-0.25, -0.2) is 14.6 Å². The second kappa shape index (κ2) is 5.70. The van der Waals surface area contributed by atoms with Gasteiger partial charge >= 0.3 is 12.0 Å².